The molecule has 2 aromatic carbocycles. The number of methoxy groups -OCH3 is 1. The molecule has 0 amide bonds. The van der Waals surface area contributed by atoms with Crippen LogP contribution in [0.25, 0.3) is 22.0 Å². The minimum Gasteiger partial charge on any atom is -0.495 e. The van der Waals surface area contributed by atoms with E-state index in [0.717, 1.165) is 11.1 Å². The van der Waals surface area contributed by atoms with E-state index >= 15 is 0 Å². The van der Waals surface area contributed by atoms with E-state index < -0.39 is 5.97 Å². The van der Waals surface area contributed by atoms with E-state index in [0.29, 0.717) is 16.7 Å². The Morgan fingerprint density at radius 2 is 1.88 bits per heavy atom. The average Bonchev–Trinajstić information content (AvgIpc) is 2.62. The summed E-state index contributed by atoms with van der Waals surface area (Å²) in [6.07, 6.45) is 1.37. The van der Waals surface area contributed by atoms with Gasteiger partial charge in [-0.2, -0.15) is 0 Å². The van der Waals surface area contributed by atoms with E-state index in [-0.39, 0.29) is 17.6 Å². The number of pyridine rings is 1. The molecule has 0 saturated carbocycles. The third kappa shape index (κ3) is 2.65. The van der Waals surface area contributed by atoms with Crippen LogP contribution in [0.15, 0.2) is 53.5 Å². The molecule has 3 rings (SSSR count). The number of hydrogen-bond donors (Lipinski definition) is 1. The highest BCUT2D eigenvalue weighted by atomic mass is 16.5. The number of carbonyl (C=O) groups excluding carboxylic acids is 1. The highest BCUT2D eigenvalue weighted by Crippen LogP contribution is 2.31. The average molecular weight is 323 g/mol. The van der Waals surface area contributed by atoms with Gasteiger partial charge in [-0.15, -0.1) is 0 Å². The van der Waals surface area contributed by atoms with Crippen molar-refractivity contribution in [2.45, 2.75) is 6.92 Å². The molecule has 0 atom stereocenters. The van der Waals surface area contributed by atoms with Crippen LogP contribution in [-0.4, -0.2) is 24.7 Å². The number of benzene rings is 2. The van der Waals surface area contributed by atoms with Crippen molar-refractivity contribution < 1.29 is 14.3 Å². The summed E-state index contributed by atoms with van der Waals surface area (Å²) in [5.74, 6) is -0.0975. The highest BCUT2D eigenvalue weighted by Gasteiger charge is 2.18. The summed E-state index contributed by atoms with van der Waals surface area (Å²) < 4.78 is 10.3. The second-order valence-corrected chi connectivity index (χ2v) is 5.18. The maximum absolute atomic E-state index is 12.9. The SMILES string of the molecule is CCOC(=O)c1c[nH]c2c(OC)ccc(-c3ccccc3)c2c1=O. The zero-order chi connectivity index (χ0) is 17.1. The van der Waals surface area contributed by atoms with Crippen molar-refractivity contribution in [3.63, 3.8) is 0 Å². The number of aromatic amines is 1. The smallest absolute Gasteiger partial charge is 0.343 e. The van der Waals surface area contributed by atoms with Gasteiger partial charge in [0.25, 0.3) is 0 Å². The lowest BCUT2D eigenvalue weighted by Gasteiger charge is -2.11. The van der Waals surface area contributed by atoms with Gasteiger partial charge < -0.3 is 14.5 Å². The van der Waals surface area contributed by atoms with Crippen LogP contribution in [0, 0.1) is 0 Å². The molecule has 0 aliphatic rings. The van der Waals surface area contributed by atoms with E-state index in [1.807, 2.05) is 36.4 Å². The number of hydrogen-bond acceptors (Lipinski definition) is 4. The van der Waals surface area contributed by atoms with E-state index in [4.69, 9.17) is 9.47 Å². The zero-order valence-corrected chi connectivity index (χ0v) is 13.5. The summed E-state index contributed by atoms with van der Waals surface area (Å²) in [7, 11) is 1.54. The lowest BCUT2D eigenvalue weighted by atomic mass is 9.98. The quantitative estimate of drug-likeness (QED) is 0.747. The molecule has 24 heavy (non-hydrogen) atoms. The molecule has 5 nitrogen and oxygen atoms in total. The van der Waals surface area contributed by atoms with Crippen LogP contribution < -0.4 is 10.2 Å². The Hall–Kier alpha value is -3.08. The fraction of sp³-hybridized carbons (Fsp3) is 0.158. The van der Waals surface area contributed by atoms with Crippen LogP contribution in [0.1, 0.15) is 17.3 Å². The lowest BCUT2D eigenvalue weighted by molar-refractivity contribution is 0.0524. The van der Waals surface area contributed by atoms with E-state index in [9.17, 15) is 9.59 Å². The van der Waals surface area contributed by atoms with Gasteiger partial charge in [0.2, 0.25) is 5.43 Å². The number of esters is 1. The molecule has 1 aromatic heterocycles. The van der Waals surface area contributed by atoms with Crippen molar-refractivity contribution in [2.24, 2.45) is 0 Å². The van der Waals surface area contributed by atoms with Gasteiger partial charge in [-0.3, -0.25) is 4.79 Å². The van der Waals surface area contributed by atoms with Crippen LogP contribution in [-0.2, 0) is 4.74 Å². The molecule has 0 fully saturated rings. The Morgan fingerprint density at radius 1 is 1.12 bits per heavy atom. The Morgan fingerprint density at radius 3 is 2.54 bits per heavy atom. The molecular formula is C19H17NO4. The summed E-state index contributed by atoms with van der Waals surface area (Å²) >= 11 is 0. The third-order valence-electron chi connectivity index (χ3n) is 3.80. The second kappa shape index (κ2) is 6.58. The normalized spacial score (nSPS) is 10.6. The molecular weight excluding hydrogens is 306 g/mol. The van der Waals surface area contributed by atoms with Crippen molar-refractivity contribution >= 4 is 16.9 Å². The molecule has 3 aromatic rings. The fourth-order valence-corrected chi connectivity index (χ4v) is 2.70. The first kappa shape index (κ1) is 15.8. The largest absolute Gasteiger partial charge is 0.495 e. The van der Waals surface area contributed by atoms with Gasteiger partial charge in [0.1, 0.15) is 11.3 Å². The molecule has 0 unspecified atom stereocenters. The molecule has 0 aliphatic carbocycles. The molecule has 5 heteroatoms. The molecule has 0 spiro atoms. The first-order valence-corrected chi connectivity index (χ1v) is 7.62. The number of rotatable bonds is 4. The van der Waals surface area contributed by atoms with E-state index in [2.05, 4.69) is 4.98 Å². The van der Waals surface area contributed by atoms with Gasteiger partial charge in [0.05, 0.1) is 24.6 Å². The van der Waals surface area contributed by atoms with Crippen molar-refractivity contribution in [2.75, 3.05) is 13.7 Å². The van der Waals surface area contributed by atoms with Gasteiger partial charge in [0, 0.05) is 6.20 Å². The topological polar surface area (TPSA) is 68.4 Å². The van der Waals surface area contributed by atoms with Crippen LogP contribution in [0.3, 0.4) is 0 Å². The molecule has 1 heterocycles. The van der Waals surface area contributed by atoms with Gasteiger partial charge in [-0.05, 0) is 30.2 Å². The number of ether oxygens (including phenoxy) is 2. The molecule has 0 saturated heterocycles. The van der Waals surface area contributed by atoms with E-state index in [1.165, 1.54) is 13.3 Å². The van der Waals surface area contributed by atoms with Crippen molar-refractivity contribution in [1.82, 2.24) is 4.98 Å². The van der Waals surface area contributed by atoms with Gasteiger partial charge in [0.15, 0.2) is 0 Å². The second-order valence-electron chi connectivity index (χ2n) is 5.18. The van der Waals surface area contributed by atoms with Gasteiger partial charge in [-0.1, -0.05) is 30.3 Å². The number of carbonyl (C=O) groups is 1. The standard InChI is InChI=1S/C19H17NO4/c1-3-24-19(22)14-11-20-17-15(23-2)10-9-13(16(17)18(14)21)12-7-5-4-6-8-12/h4-11H,3H2,1-2H3,(H,20,21). The number of H-pyrrole nitrogens is 1. The monoisotopic (exact) mass is 323 g/mol. The first-order chi connectivity index (χ1) is 11.7. The Balaban J connectivity index is 2.35. The van der Waals surface area contributed by atoms with Crippen molar-refractivity contribution in [3.8, 4) is 16.9 Å². The minimum absolute atomic E-state index is 0.0187. The van der Waals surface area contributed by atoms with E-state index in [1.54, 1.807) is 13.0 Å². The summed E-state index contributed by atoms with van der Waals surface area (Å²) in [6, 6.07) is 13.1. The maximum atomic E-state index is 12.9. The Labute approximate surface area is 138 Å². The minimum atomic E-state index is -0.637. The van der Waals surface area contributed by atoms with Crippen LogP contribution in [0.4, 0.5) is 0 Å². The third-order valence-corrected chi connectivity index (χ3v) is 3.80. The van der Waals surface area contributed by atoms with Crippen LogP contribution >= 0.6 is 0 Å². The molecule has 122 valence electrons. The zero-order valence-electron chi connectivity index (χ0n) is 13.5. The summed E-state index contributed by atoms with van der Waals surface area (Å²) in [6.45, 7) is 1.91. The summed E-state index contributed by atoms with van der Waals surface area (Å²) in [5, 5.41) is 0.408. The Bertz CT molecular complexity index is 945. The molecule has 0 aliphatic heterocycles. The van der Waals surface area contributed by atoms with Crippen LogP contribution in [0.5, 0.6) is 5.75 Å². The first-order valence-electron chi connectivity index (χ1n) is 7.62. The maximum Gasteiger partial charge on any atom is 0.343 e. The summed E-state index contributed by atoms with van der Waals surface area (Å²) in [5.41, 5.74) is 1.78. The van der Waals surface area contributed by atoms with Gasteiger partial charge >= 0.3 is 5.97 Å². The van der Waals surface area contributed by atoms with Crippen molar-refractivity contribution in [3.05, 3.63) is 64.4 Å². The number of aromatic nitrogens is 1. The molecule has 1 N–H and O–H groups in total. The predicted molar refractivity (Wildman–Crippen MR) is 92.5 cm³/mol. The fourth-order valence-electron chi connectivity index (χ4n) is 2.70. The Kier molecular flexibility index (Phi) is 4.33. The van der Waals surface area contributed by atoms with Crippen molar-refractivity contribution in [1.29, 1.82) is 0 Å². The lowest BCUT2D eigenvalue weighted by Crippen LogP contribution is -2.18. The molecule has 0 bridgehead atoms. The molecule has 0 radical (unpaired) electrons. The van der Waals surface area contributed by atoms with Crippen LogP contribution in [0.2, 0.25) is 0 Å². The highest BCUT2D eigenvalue weighted by molar-refractivity contribution is 6.01. The number of fused-ring (bicyclic) bond motifs is 1. The summed E-state index contributed by atoms with van der Waals surface area (Å²) in [4.78, 5) is 28.0. The van der Waals surface area contributed by atoms with Gasteiger partial charge in [-0.25, -0.2) is 4.79 Å². The number of nitrogens with one attached hydrogen (secondary N) is 1. The predicted octanol–water partition coefficient (Wildman–Crippen LogP) is 3.38.